The Morgan fingerprint density at radius 1 is 1.40 bits per heavy atom. The van der Waals surface area contributed by atoms with E-state index < -0.39 is 0 Å². The Balaban J connectivity index is 1.45. The average molecular weight is 340 g/mol. The number of urea groups is 1. The zero-order valence-corrected chi connectivity index (χ0v) is 14.9. The van der Waals surface area contributed by atoms with Gasteiger partial charge in [0.1, 0.15) is 0 Å². The molecule has 0 saturated carbocycles. The molecule has 0 spiro atoms. The fraction of sp³-hybridized carbons (Fsp3) is 0.550. The number of hydrogen-bond donors (Lipinski definition) is 2. The van der Waals surface area contributed by atoms with Gasteiger partial charge in [0.2, 0.25) is 0 Å². The van der Waals surface area contributed by atoms with Crippen LogP contribution in [0.1, 0.15) is 12.8 Å². The third kappa shape index (κ3) is 4.75. The quantitative estimate of drug-likeness (QED) is 0.780. The van der Waals surface area contributed by atoms with Crippen LogP contribution in [-0.2, 0) is 0 Å². The van der Waals surface area contributed by atoms with Gasteiger partial charge in [0, 0.05) is 31.4 Å². The van der Waals surface area contributed by atoms with Crippen LogP contribution in [0.2, 0.25) is 0 Å². The number of para-hydroxylation sites is 1. The van der Waals surface area contributed by atoms with Crippen molar-refractivity contribution in [2.24, 2.45) is 11.8 Å². The summed E-state index contributed by atoms with van der Waals surface area (Å²) in [5, 5.41) is 5.91. The first kappa shape index (κ1) is 17.8. The minimum Gasteiger partial charge on any atom is -0.336 e. The van der Waals surface area contributed by atoms with E-state index in [2.05, 4.69) is 33.4 Å². The van der Waals surface area contributed by atoms with Gasteiger partial charge >= 0.3 is 6.03 Å². The minimum atomic E-state index is -0.126. The van der Waals surface area contributed by atoms with E-state index in [0.717, 1.165) is 31.2 Å². The number of rotatable bonds is 6. The van der Waals surface area contributed by atoms with Gasteiger partial charge in [-0.05, 0) is 50.4 Å². The molecule has 2 N–H and O–H groups in total. The molecule has 5 heteroatoms. The number of nitrogens with zero attached hydrogens (tertiary/aromatic N) is 2. The van der Waals surface area contributed by atoms with Crippen molar-refractivity contribution in [1.82, 2.24) is 15.1 Å². The van der Waals surface area contributed by atoms with Gasteiger partial charge in [-0.2, -0.15) is 0 Å². The van der Waals surface area contributed by atoms with Gasteiger partial charge in [0.25, 0.3) is 0 Å². The summed E-state index contributed by atoms with van der Waals surface area (Å²) in [6.07, 6.45) is 7.84. The molecule has 1 unspecified atom stereocenters. The van der Waals surface area contributed by atoms with Gasteiger partial charge in [0.15, 0.2) is 0 Å². The molecule has 4 rings (SSSR count). The van der Waals surface area contributed by atoms with Crippen LogP contribution >= 0.6 is 0 Å². The molecule has 3 saturated heterocycles. The van der Waals surface area contributed by atoms with Crippen LogP contribution in [0.25, 0.3) is 0 Å². The molecule has 0 radical (unpaired) electrons. The van der Waals surface area contributed by atoms with Gasteiger partial charge in [0.05, 0.1) is 6.54 Å². The molecular weight excluding hydrogens is 312 g/mol. The lowest BCUT2D eigenvalue weighted by Crippen LogP contribution is -2.58. The monoisotopic (exact) mass is 340 g/mol. The van der Waals surface area contributed by atoms with E-state index in [1.54, 1.807) is 0 Å². The van der Waals surface area contributed by atoms with Crippen molar-refractivity contribution in [2.75, 3.05) is 45.1 Å². The van der Waals surface area contributed by atoms with E-state index in [1.807, 2.05) is 30.3 Å². The second-order valence-corrected chi connectivity index (χ2v) is 7.30. The molecule has 3 fully saturated rings. The molecule has 1 aromatic carbocycles. The summed E-state index contributed by atoms with van der Waals surface area (Å²) in [5.41, 5.74) is 0.821. The van der Waals surface area contributed by atoms with Crippen molar-refractivity contribution < 1.29 is 4.79 Å². The van der Waals surface area contributed by atoms with Crippen LogP contribution in [-0.4, -0.2) is 61.6 Å². The maximum atomic E-state index is 12.1. The highest BCUT2D eigenvalue weighted by molar-refractivity contribution is 5.89. The molecule has 134 valence electrons. The predicted molar refractivity (Wildman–Crippen MR) is 101 cm³/mol. The van der Waals surface area contributed by atoms with E-state index in [1.165, 1.54) is 12.8 Å². The molecular formula is C20H28N4O. The van der Waals surface area contributed by atoms with Crippen LogP contribution in [0.4, 0.5) is 10.5 Å². The number of anilines is 1. The van der Waals surface area contributed by atoms with Crippen molar-refractivity contribution in [1.29, 1.82) is 0 Å². The number of amides is 2. The van der Waals surface area contributed by atoms with Crippen LogP contribution in [0, 0.1) is 24.2 Å². The highest BCUT2D eigenvalue weighted by Gasteiger charge is 2.40. The number of carbonyl (C=O) groups excluding carboxylic acids is 1. The van der Waals surface area contributed by atoms with Crippen molar-refractivity contribution in [2.45, 2.75) is 18.9 Å². The lowest BCUT2D eigenvalue weighted by atomic mass is 9.75. The van der Waals surface area contributed by atoms with Crippen LogP contribution < -0.4 is 10.6 Å². The maximum absolute atomic E-state index is 12.1. The zero-order valence-electron chi connectivity index (χ0n) is 14.9. The summed E-state index contributed by atoms with van der Waals surface area (Å²) in [7, 11) is 2.10. The number of carbonyl (C=O) groups is 1. The van der Waals surface area contributed by atoms with Crippen LogP contribution in [0.15, 0.2) is 30.3 Å². The van der Waals surface area contributed by atoms with Crippen LogP contribution in [0.3, 0.4) is 0 Å². The summed E-state index contributed by atoms with van der Waals surface area (Å²) in [5.74, 6) is 4.16. The summed E-state index contributed by atoms with van der Waals surface area (Å²) in [4.78, 5) is 16.9. The lowest BCUT2D eigenvalue weighted by Gasteiger charge is -2.50. The standard InChI is InChI=1S/C20H28N4O/c1-3-10-23(2)14-17-15-24-11-9-16(17)12-19(24)13-21-20(25)22-18-7-5-4-6-8-18/h1,4-8,16-17,19H,9-15H2,2H3,(H2,21,22,25)/t16-,17+,19+/m0/s1. The highest BCUT2D eigenvalue weighted by Crippen LogP contribution is 2.36. The second-order valence-electron chi connectivity index (χ2n) is 7.30. The number of fused-ring (bicyclic) bond motifs is 3. The first-order chi connectivity index (χ1) is 12.2. The Morgan fingerprint density at radius 2 is 2.20 bits per heavy atom. The molecule has 3 heterocycles. The first-order valence-corrected chi connectivity index (χ1v) is 9.11. The first-order valence-electron chi connectivity index (χ1n) is 9.11. The van der Waals surface area contributed by atoms with Crippen LogP contribution in [0.5, 0.6) is 0 Å². The van der Waals surface area contributed by atoms with Crippen molar-refractivity contribution >= 4 is 11.7 Å². The largest absolute Gasteiger partial charge is 0.336 e. The Labute approximate surface area is 150 Å². The average Bonchev–Trinajstić information content (AvgIpc) is 2.62. The van der Waals surface area contributed by atoms with Crippen molar-refractivity contribution in [3.05, 3.63) is 30.3 Å². The van der Waals surface area contributed by atoms with Gasteiger partial charge in [-0.3, -0.25) is 9.80 Å². The van der Waals surface area contributed by atoms with E-state index in [4.69, 9.17) is 6.42 Å². The molecule has 25 heavy (non-hydrogen) atoms. The molecule has 1 aromatic rings. The molecule has 0 aromatic heterocycles. The van der Waals surface area contributed by atoms with Gasteiger partial charge in [-0.15, -0.1) is 6.42 Å². The Bertz CT molecular complexity index is 612. The van der Waals surface area contributed by atoms with Gasteiger partial charge < -0.3 is 10.6 Å². The van der Waals surface area contributed by atoms with E-state index in [9.17, 15) is 4.79 Å². The molecule has 4 atom stereocenters. The molecule has 3 aliphatic rings. The second kappa shape index (κ2) is 8.37. The number of terminal acetylenes is 1. The summed E-state index contributed by atoms with van der Waals surface area (Å²) in [6.45, 7) is 4.76. The van der Waals surface area contributed by atoms with Gasteiger partial charge in [-0.25, -0.2) is 4.79 Å². The summed E-state index contributed by atoms with van der Waals surface area (Å²) < 4.78 is 0. The topological polar surface area (TPSA) is 47.6 Å². The van der Waals surface area contributed by atoms with Crippen molar-refractivity contribution in [3.8, 4) is 12.3 Å². The third-order valence-corrected chi connectivity index (χ3v) is 5.45. The fourth-order valence-electron chi connectivity index (χ4n) is 4.20. The molecule has 0 aliphatic carbocycles. The molecule has 2 amide bonds. The maximum Gasteiger partial charge on any atom is 0.319 e. The number of nitrogens with one attached hydrogen (secondary N) is 2. The number of piperidine rings is 3. The van der Waals surface area contributed by atoms with E-state index >= 15 is 0 Å². The SMILES string of the molecule is C#CCN(C)C[C@@H]1CN2CC[C@H]1C[C@@H]2CNC(=O)Nc1ccccc1. The van der Waals surface area contributed by atoms with E-state index in [0.29, 0.717) is 25.0 Å². The predicted octanol–water partition coefficient (Wildman–Crippen LogP) is 2.08. The Hall–Kier alpha value is -2.03. The summed E-state index contributed by atoms with van der Waals surface area (Å²) >= 11 is 0. The molecule has 2 bridgehead atoms. The lowest BCUT2D eigenvalue weighted by molar-refractivity contribution is -0.00692. The number of hydrogen-bond acceptors (Lipinski definition) is 3. The Kier molecular flexibility index (Phi) is 5.95. The summed E-state index contributed by atoms with van der Waals surface area (Å²) in [6, 6.07) is 9.88. The normalized spacial score (nSPS) is 27.7. The molecule has 3 aliphatic heterocycles. The van der Waals surface area contributed by atoms with E-state index in [-0.39, 0.29) is 6.03 Å². The smallest absolute Gasteiger partial charge is 0.319 e. The highest BCUT2D eigenvalue weighted by atomic mass is 16.2. The number of benzene rings is 1. The van der Waals surface area contributed by atoms with Gasteiger partial charge in [-0.1, -0.05) is 24.1 Å². The third-order valence-electron chi connectivity index (χ3n) is 5.45. The zero-order chi connectivity index (χ0) is 17.6. The fourth-order valence-corrected chi connectivity index (χ4v) is 4.20. The minimum absolute atomic E-state index is 0.126. The Morgan fingerprint density at radius 3 is 2.88 bits per heavy atom. The molecule has 5 nitrogen and oxygen atoms in total. The van der Waals surface area contributed by atoms with Crippen molar-refractivity contribution in [3.63, 3.8) is 0 Å².